The Labute approximate surface area is 202 Å². The van der Waals surface area contributed by atoms with Crippen molar-refractivity contribution in [2.24, 2.45) is 16.4 Å². The summed E-state index contributed by atoms with van der Waals surface area (Å²) >= 11 is 3.54. The zero-order chi connectivity index (χ0) is 22.4. The Morgan fingerprint density at radius 3 is 2.58 bits per heavy atom. The number of hydrogen-bond donors (Lipinski definition) is 0. The van der Waals surface area contributed by atoms with Gasteiger partial charge in [0.2, 0.25) is 0 Å². The molecule has 0 aromatic heterocycles. The second kappa shape index (κ2) is 8.14. The van der Waals surface area contributed by atoms with Gasteiger partial charge in [-0.25, -0.2) is 0 Å². The lowest BCUT2D eigenvalue weighted by Crippen LogP contribution is -2.45. The van der Waals surface area contributed by atoms with Gasteiger partial charge < -0.3 is 4.74 Å². The predicted molar refractivity (Wildman–Crippen MR) is 133 cm³/mol. The normalized spacial score (nSPS) is 25.1. The maximum Gasteiger partial charge on any atom is 0.311 e. The Bertz CT molecular complexity index is 1220. The van der Waals surface area contributed by atoms with Crippen LogP contribution in [0.15, 0.2) is 88.4 Å². The minimum absolute atomic E-state index is 0.00320. The van der Waals surface area contributed by atoms with Crippen LogP contribution in [0.5, 0.6) is 0 Å². The van der Waals surface area contributed by atoms with E-state index in [1.54, 1.807) is 0 Å². The molecule has 1 spiro atoms. The Balaban J connectivity index is 1.36. The predicted octanol–water partition coefficient (Wildman–Crippen LogP) is 6.13. The van der Waals surface area contributed by atoms with Gasteiger partial charge in [0.1, 0.15) is 6.61 Å². The first kappa shape index (κ1) is 20.7. The van der Waals surface area contributed by atoms with Crippen molar-refractivity contribution in [3.05, 3.63) is 100 Å². The summed E-state index contributed by atoms with van der Waals surface area (Å²) in [5.74, 6) is -0.318. The highest BCUT2D eigenvalue weighted by molar-refractivity contribution is 9.10. The first-order valence-corrected chi connectivity index (χ1v) is 12.3. The summed E-state index contributed by atoms with van der Waals surface area (Å²) in [6, 6.07) is 26.7. The van der Waals surface area contributed by atoms with Gasteiger partial charge in [-0.05, 0) is 61.1 Å². The van der Waals surface area contributed by atoms with E-state index in [0.717, 1.165) is 47.1 Å². The third-order valence-electron chi connectivity index (χ3n) is 7.46. The quantitative estimate of drug-likeness (QED) is 0.404. The second-order valence-electron chi connectivity index (χ2n) is 9.38. The number of fused-ring (bicyclic) bond motifs is 3. The van der Waals surface area contributed by atoms with Gasteiger partial charge in [-0.15, -0.1) is 0 Å². The number of rotatable bonds is 4. The molecule has 2 aliphatic carbocycles. The SMILES string of the molecule is O=C(OCc1ccccc1)[C@@H]1C[C@]23CCc4ccccc4C2=NN(c2ccc(Br)cc2)[C@H]1C3. The molecule has 33 heavy (non-hydrogen) atoms. The third-order valence-corrected chi connectivity index (χ3v) is 7.99. The molecular weight excluding hydrogens is 476 g/mol. The number of ether oxygens (including phenoxy) is 1. The van der Waals surface area contributed by atoms with Crippen LogP contribution in [-0.4, -0.2) is 17.7 Å². The van der Waals surface area contributed by atoms with E-state index in [1.807, 2.05) is 42.5 Å². The molecule has 1 heterocycles. The van der Waals surface area contributed by atoms with Crippen LogP contribution in [0, 0.1) is 11.3 Å². The lowest BCUT2D eigenvalue weighted by molar-refractivity contribution is -0.150. The lowest BCUT2D eigenvalue weighted by Gasteiger charge is -2.42. The minimum atomic E-state index is -0.205. The summed E-state index contributed by atoms with van der Waals surface area (Å²) in [6.45, 7) is 0.310. The summed E-state index contributed by atoms with van der Waals surface area (Å²) in [5.41, 5.74) is 5.70. The Hall–Kier alpha value is -2.92. The van der Waals surface area contributed by atoms with Crippen molar-refractivity contribution in [2.75, 3.05) is 5.01 Å². The zero-order valence-electron chi connectivity index (χ0n) is 18.3. The first-order valence-electron chi connectivity index (χ1n) is 11.6. The molecule has 3 atom stereocenters. The van der Waals surface area contributed by atoms with Crippen LogP contribution in [0.4, 0.5) is 5.69 Å². The van der Waals surface area contributed by atoms with Gasteiger partial charge in [0.05, 0.1) is 23.4 Å². The highest BCUT2D eigenvalue weighted by Gasteiger charge is 2.57. The lowest BCUT2D eigenvalue weighted by atomic mass is 9.68. The molecule has 166 valence electrons. The van der Waals surface area contributed by atoms with E-state index in [1.165, 1.54) is 11.1 Å². The van der Waals surface area contributed by atoms with Crippen molar-refractivity contribution in [3.8, 4) is 0 Å². The molecule has 2 bridgehead atoms. The maximum absolute atomic E-state index is 13.4. The highest BCUT2D eigenvalue weighted by atomic mass is 79.9. The van der Waals surface area contributed by atoms with Gasteiger partial charge in [0, 0.05) is 15.5 Å². The number of hydrogen-bond acceptors (Lipinski definition) is 4. The molecular formula is C28H25BrN2O2. The van der Waals surface area contributed by atoms with Crippen molar-refractivity contribution in [1.29, 1.82) is 0 Å². The molecule has 0 radical (unpaired) electrons. The molecule has 0 unspecified atom stereocenters. The molecule has 0 N–H and O–H groups in total. The largest absolute Gasteiger partial charge is 0.461 e. The fourth-order valence-electron chi connectivity index (χ4n) is 5.85. The maximum atomic E-state index is 13.4. The number of esters is 1. The minimum Gasteiger partial charge on any atom is -0.461 e. The van der Waals surface area contributed by atoms with Gasteiger partial charge >= 0.3 is 5.97 Å². The molecule has 0 amide bonds. The summed E-state index contributed by atoms with van der Waals surface area (Å²) in [5, 5.41) is 7.33. The number of nitrogens with zero attached hydrogens (tertiary/aromatic N) is 2. The summed E-state index contributed by atoms with van der Waals surface area (Å²) in [7, 11) is 0. The summed E-state index contributed by atoms with van der Waals surface area (Å²) < 4.78 is 6.87. The summed E-state index contributed by atoms with van der Waals surface area (Å²) in [6.07, 6.45) is 3.80. The van der Waals surface area contributed by atoms with Crippen LogP contribution < -0.4 is 5.01 Å². The monoisotopic (exact) mass is 500 g/mol. The molecule has 3 aromatic carbocycles. The molecule has 6 rings (SSSR count). The number of carbonyl (C=O) groups is 1. The standard InChI is InChI=1S/C28H25BrN2O2/c29-21-10-12-22(13-11-21)31-25-17-28(15-14-20-8-4-5-9-23(20)26(28)30-31)16-24(25)27(32)33-18-19-6-2-1-3-7-19/h1-13,24-25H,14-18H2/t24-,25+,28+/m1/s1. The van der Waals surface area contributed by atoms with Crippen LogP contribution in [0.25, 0.3) is 0 Å². The van der Waals surface area contributed by atoms with Crippen molar-refractivity contribution >= 4 is 33.3 Å². The van der Waals surface area contributed by atoms with Gasteiger partial charge in [0.15, 0.2) is 0 Å². The zero-order valence-corrected chi connectivity index (χ0v) is 19.9. The van der Waals surface area contributed by atoms with Gasteiger partial charge in [-0.2, -0.15) is 5.10 Å². The van der Waals surface area contributed by atoms with Crippen LogP contribution in [0.2, 0.25) is 0 Å². The van der Waals surface area contributed by atoms with Gasteiger partial charge in [-0.1, -0.05) is 70.5 Å². The van der Waals surface area contributed by atoms with E-state index in [2.05, 4.69) is 57.3 Å². The Kier molecular flexibility index (Phi) is 5.10. The van der Waals surface area contributed by atoms with Gasteiger partial charge in [0.25, 0.3) is 0 Å². The molecule has 1 fully saturated rings. The number of hydrazone groups is 1. The second-order valence-corrected chi connectivity index (χ2v) is 10.3. The number of carbonyl (C=O) groups excluding carboxylic acids is 1. The Morgan fingerprint density at radius 1 is 1.00 bits per heavy atom. The fourth-order valence-corrected chi connectivity index (χ4v) is 6.11. The van der Waals surface area contributed by atoms with Crippen molar-refractivity contribution < 1.29 is 9.53 Å². The summed E-state index contributed by atoms with van der Waals surface area (Å²) in [4.78, 5) is 13.4. The van der Waals surface area contributed by atoms with Gasteiger partial charge in [-0.3, -0.25) is 9.80 Å². The smallest absolute Gasteiger partial charge is 0.311 e. The Morgan fingerprint density at radius 2 is 1.76 bits per heavy atom. The van der Waals surface area contributed by atoms with E-state index >= 15 is 0 Å². The fraction of sp³-hybridized carbons (Fsp3) is 0.286. The van der Waals surface area contributed by atoms with Crippen LogP contribution in [0.3, 0.4) is 0 Å². The van der Waals surface area contributed by atoms with Crippen LogP contribution in [0.1, 0.15) is 36.0 Å². The topological polar surface area (TPSA) is 41.9 Å². The number of anilines is 1. The van der Waals surface area contributed by atoms with Crippen LogP contribution >= 0.6 is 15.9 Å². The highest BCUT2D eigenvalue weighted by Crippen LogP contribution is 2.55. The van der Waals surface area contributed by atoms with E-state index in [0.29, 0.717) is 6.61 Å². The van der Waals surface area contributed by atoms with Crippen LogP contribution in [-0.2, 0) is 22.6 Å². The molecule has 5 heteroatoms. The molecule has 3 aromatic rings. The van der Waals surface area contributed by atoms with E-state index in [4.69, 9.17) is 9.84 Å². The van der Waals surface area contributed by atoms with E-state index in [9.17, 15) is 4.79 Å². The molecule has 0 saturated heterocycles. The third kappa shape index (κ3) is 3.59. The van der Waals surface area contributed by atoms with Crippen molar-refractivity contribution in [1.82, 2.24) is 0 Å². The van der Waals surface area contributed by atoms with E-state index in [-0.39, 0.29) is 23.3 Å². The number of aryl methyl sites for hydroxylation is 1. The van der Waals surface area contributed by atoms with Crippen molar-refractivity contribution in [3.63, 3.8) is 0 Å². The molecule has 3 aliphatic rings. The average Bonchev–Trinajstić information content (AvgIpc) is 3.17. The van der Waals surface area contributed by atoms with Crippen molar-refractivity contribution in [2.45, 2.75) is 38.3 Å². The number of benzene rings is 3. The molecule has 1 aliphatic heterocycles. The number of halogens is 1. The molecule has 4 nitrogen and oxygen atoms in total. The van der Waals surface area contributed by atoms with E-state index < -0.39 is 0 Å². The average molecular weight is 501 g/mol. The first-order chi connectivity index (χ1) is 16.1. The molecule has 1 saturated carbocycles.